The van der Waals surface area contributed by atoms with E-state index in [2.05, 4.69) is 252 Å². The summed E-state index contributed by atoms with van der Waals surface area (Å²) in [5.41, 5.74) is 11.6. The molecule has 0 N–H and O–H groups in total. The van der Waals surface area contributed by atoms with Crippen LogP contribution in [0.4, 0.5) is 17.1 Å². The fourth-order valence-corrected chi connectivity index (χ4v) is 10.3. The second-order valence-corrected chi connectivity index (χ2v) is 16.9. The number of benzene rings is 12. The molecule has 0 aliphatic rings. The van der Waals surface area contributed by atoms with Crippen molar-refractivity contribution in [3.8, 4) is 27.9 Å². The molecule has 64 heavy (non-hydrogen) atoms. The largest absolute Gasteiger partial charge is 0.310 e. The lowest BCUT2D eigenvalue weighted by molar-refractivity contribution is 1.19. The SMILES string of the molecule is c1ccc(-n2c3cccc(-c4cccc(N(c5ccc(-c6ccc7c(ccc8ccccc87)c6)cc5)c5ccc6c(ccc7ccccc76)c5)c4)c3c3ccc4ccccc4c32)cc1. The van der Waals surface area contributed by atoms with Crippen LogP contribution in [-0.4, -0.2) is 4.57 Å². The molecule has 0 unspecified atom stereocenters. The zero-order valence-corrected chi connectivity index (χ0v) is 35.0. The Morgan fingerprint density at radius 3 is 1.56 bits per heavy atom. The van der Waals surface area contributed by atoms with Gasteiger partial charge in [0.2, 0.25) is 0 Å². The molecule has 0 aliphatic heterocycles. The van der Waals surface area contributed by atoms with Crippen LogP contribution in [0.15, 0.2) is 243 Å². The highest BCUT2D eigenvalue weighted by Gasteiger charge is 2.20. The highest BCUT2D eigenvalue weighted by molar-refractivity contribution is 6.22. The first-order chi connectivity index (χ1) is 31.7. The number of fused-ring (bicyclic) bond motifs is 11. The fourth-order valence-electron chi connectivity index (χ4n) is 10.3. The molecule has 0 radical (unpaired) electrons. The Kier molecular flexibility index (Phi) is 8.25. The van der Waals surface area contributed by atoms with Gasteiger partial charge < -0.3 is 9.47 Å². The predicted octanol–water partition coefficient (Wildman–Crippen LogP) is 17.4. The minimum atomic E-state index is 1.09. The Bertz CT molecular complexity index is 3950. The van der Waals surface area contributed by atoms with Gasteiger partial charge in [-0.1, -0.05) is 182 Å². The molecule has 0 aliphatic carbocycles. The second kappa shape index (κ2) is 14.6. The molecule has 2 nitrogen and oxygen atoms in total. The average molecular weight is 813 g/mol. The topological polar surface area (TPSA) is 8.17 Å². The Morgan fingerprint density at radius 2 is 0.812 bits per heavy atom. The quantitative estimate of drug-likeness (QED) is 0.152. The monoisotopic (exact) mass is 812 g/mol. The van der Waals surface area contributed by atoms with E-state index < -0.39 is 0 Å². The van der Waals surface area contributed by atoms with Crippen LogP contribution >= 0.6 is 0 Å². The molecule has 0 saturated heterocycles. The molecule has 13 rings (SSSR count). The first-order valence-corrected chi connectivity index (χ1v) is 22.1. The van der Waals surface area contributed by atoms with Gasteiger partial charge in [0.25, 0.3) is 0 Å². The van der Waals surface area contributed by atoms with E-state index in [1.807, 2.05) is 0 Å². The zero-order chi connectivity index (χ0) is 42.1. The number of hydrogen-bond donors (Lipinski definition) is 0. The summed E-state index contributed by atoms with van der Waals surface area (Å²) < 4.78 is 2.45. The van der Waals surface area contributed by atoms with Gasteiger partial charge in [-0.15, -0.1) is 0 Å². The predicted molar refractivity (Wildman–Crippen MR) is 274 cm³/mol. The van der Waals surface area contributed by atoms with E-state index in [0.717, 1.165) is 22.7 Å². The summed E-state index contributed by atoms with van der Waals surface area (Å²) in [5, 5.41) is 15.0. The average Bonchev–Trinajstić information content (AvgIpc) is 3.72. The summed E-state index contributed by atoms with van der Waals surface area (Å²) in [7, 11) is 0. The highest BCUT2D eigenvalue weighted by atomic mass is 15.1. The molecular formula is C62H40N2. The van der Waals surface area contributed by atoms with E-state index in [0.29, 0.717) is 0 Å². The van der Waals surface area contributed by atoms with Crippen molar-refractivity contribution in [3.63, 3.8) is 0 Å². The third-order valence-electron chi connectivity index (χ3n) is 13.3. The number of anilines is 3. The maximum atomic E-state index is 2.45. The molecule has 0 bridgehead atoms. The van der Waals surface area contributed by atoms with Crippen molar-refractivity contribution in [1.82, 2.24) is 4.57 Å². The lowest BCUT2D eigenvalue weighted by Gasteiger charge is -2.27. The van der Waals surface area contributed by atoms with Crippen molar-refractivity contribution in [2.45, 2.75) is 0 Å². The van der Waals surface area contributed by atoms with Gasteiger partial charge in [0.05, 0.1) is 11.0 Å². The second-order valence-electron chi connectivity index (χ2n) is 16.9. The first kappa shape index (κ1) is 36.2. The normalized spacial score (nSPS) is 11.8. The van der Waals surface area contributed by atoms with Crippen LogP contribution in [0.25, 0.3) is 104 Å². The van der Waals surface area contributed by atoms with E-state index in [4.69, 9.17) is 0 Å². The van der Waals surface area contributed by atoms with Crippen molar-refractivity contribution in [1.29, 1.82) is 0 Å². The van der Waals surface area contributed by atoms with Gasteiger partial charge in [-0.2, -0.15) is 0 Å². The molecule has 0 fully saturated rings. The van der Waals surface area contributed by atoms with Crippen LogP contribution < -0.4 is 4.90 Å². The van der Waals surface area contributed by atoms with Crippen LogP contribution in [0.5, 0.6) is 0 Å². The van der Waals surface area contributed by atoms with Crippen molar-refractivity contribution in [2.75, 3.05) is 4.90 Å². The van der Waals surface area contributed by atoms with Gasteiger partial charge in [0.15, 0.2) is 0 Å². The molecule has 0 saturated carbocycles. The van der Waals surface area contributed by atoms with Crippen molar-refractivity contribution < 1.29 is 0 Å². The van der Waals surface area contributed by atoms with Gasteiger partial charge in [0, 0.05) is 38.9 Å². The summed E-state index contributed by atoms with van der Waals surface area (Å²) >= 11 is 0. The molecule has 1 aromatic heterocycles. The fraction of sp³-hybridized carbons (Fsp3) is 0. The Labute approximate surface area is 371 Å². The Hall–Kier alpha value is -8.46. The molecule has 0 amide bonds. The minimum Gasteiger partial charge on any atom is -0.310 e. The van der Waals surface area contributed by atoms with Gasteiger partial charge in [0.1, 0.15) is 0 Å². The number of rotatable bonds is 6. The molecule has 12 aromatic carbocycles. The van der Waals surface area contributed by atoms with Crippen LogP contribution in [0.1, 0.15) is 0 Å². The lowest BCUT2D eigenvalue weighted by atomic mass is 9.96. The van der Waals surface area contributed by atoms with E-state index in [1.54, 1.807) is 0 Å². The Morgan fingerprint density at radius 1 is 0.281 bits per heavy atom. The number of para-hydroxylation sites is 1. The summed E-state index contributed by atoms with van der Waals surface area (Å²) in [4.78, 5) is 2.41. The van der Waals surface area contributed by atoms with Crippen molar-refractivity contribution in [3.05, 3.63) is 243 Å². The number of hydrogen-bond acceptors (Lipinski definition) is 1. The van der Waals surface area contributed by atoms with Gasteiger partial charge in [-0.05, 0) is 131 Å². The van der Waals surface area contributed by atoms with Crippen LogP contribution in [0.2, 0.25) is 0 Å². The van der Waals surface area contributed by atoms with E-state index in [1.165, 1.54) is 97.9 Å². The summed E-state index contributed by atoms with van der Waals surface area (Å²) in [5.74, 6) is 0. The molecule has 0 atom stereocenters. The number of nitrogens with zero attached hydrogens (tertiary/aromatic N) is 2. The molecule has 1 heterocycles. The number of aromatic nitrogens is 1. The molecule has 298 valence electrons. The van der Waals surface area contributed by atoms with Crippen LogP contribution in [-0.2, 0) is 0 Å². The molecule has 2 heteroatoms. The highest BCUT2D eigenvalue weighted by Crippen LogP contribution is 2.44. The first-order valence-electron chi connectivity index (χ1n) is 22.1. The van der Waals surface area contributed by atoms with Gasteiger partial charge in [-0.25, -0.2) is 0 Å². The molecular weight excluding hydrogens is 773 g/mol. The lowest BCUT2D eigenvalue weighted by Crippen LogP contribution is -2.10. The van der Waals surface area contributed by atoms with Crippen LogP contribution in [0, 0.1) is 0 Å². The summed E-state index contributed by atoms with van der Waals surface area (Å²) in [6.07, 6.45) is 0. The smallest absolute Gasteiger partial charge is 0.0619 e. The van der Waals surface area contributed by atoms with Crippen LogP contribution in [0.3, 0.4) is 0 Å². The molecule has 13 aromatic rings. The molecule has 0 spiro atoms. The minimum absolute atomic E-state index is 1.09. The third-order valence-corrected chi connectivity index (χ3v) is 13.3. The van der Waals surface area contributed by atoms with Crippen molar-refractivity contribution >= 4 is 92.7 Å². The maximum absolute atomic E-state index is 2.45. The third kappa shape index (κ3) is 5.81. The summed E-state index contributed by atoms with van der Waals surface area (Å²) in [6, 6.07) is 89.1. The van der Waals surface area contributed by atoms with Gasteiger partial charge >= 0.3 is 0 Å². The Balaban J connectivity index is 0.979. The maximum Gasteiger partial charge on any atom is 0.0619 e. The van der Waals surface area contributed by atoms with Gasteiger partial charge in [-0.3, -0.25) is 0 Å². The standard InChI is InChI=1S/C62H40N2/c1-2-16-49(17-3-1)64-60-23-11-22-57(61(60)59-36-30-44-14-6-9-21-58(44)62(59)64)46-15-10-18-51(39-46)63(52-34-37-56-48(40-52)27-25-43-13-5-8-20-54(43)56)50-32-28-41(29-33-50)45-31-35-55-47(38-45)26-24-42-12-4-7-19-53(42)55/h1-40H. The van der Waals surface area contributed by atoms with E-state index >= 15 is 0 Å². The van der Waals surface area contributed by atoms with E-state index in [9.17, 15) is 0 Å². The summed E-state index contributed by atoms with van der Waals surface area (Å²) in [6.45, 7) is 0. The van der Waals surface area contributed by atoms with E-state index in [-0.39, 0.29) is 0 Å². The zero-order valence-electron chi connectivity index (χ0n) is 35.0. The van der Waals surface area contributed by atoms with Crippen molar-refractivity contribution in [2.24, 2.45) is 0 Å².